The summed E-state index contributed by atoms with van der Waals surface area (Å²) in [5, 5.41) is 0.780. The van der Waals surface area contributed by atoms with Gasteiger partial charge in [-0.2, -0.15) is 0 Å². The monoisotopic (exact) mass is 327 g/mol. The molecule has 22 heavy (non-hydrogen) atoms. The molecular weight excluding hydrogens is 286 g/mol. The van der Waals surface area contributed by atoms with Gasteiger partial charge in [-0.25, -0.2) is 0 Å². The van der Waals surface area contributed by atoms with Crippen molar-refractivity contribution in [3.05, 3.63) is 0 Å². The van der Waals surface area contributed by atoms with E-state index < -0.39 is 0 Å². The molecule has 2 heteroatoms. The maximum atomic E-state index is 2.66. The molecule has 0 spiro atoms. The fourth-order valence-electron chi connectivity index (χ4n) is 3.43. The van der Waals surface area contributed by atoms with E-state index in [9.17, 15) is 0 Å². The summed E-state index contributed by atoms with van der Waals surface area (Å²) in [6.07, 6.45) is 20.4. The highest BCUT2D eigenvalue weighted by Gasteiger charge is 2.19. The minimum Gasteiger partial charge on any atom is -0.291 e. The third-order valence-corrected chi connectivity index (χ3v) is 6.25. The molecule has 0 amide bonds. The predicted octanol–water partition coefficient (Wildman–Crippen LogP) is 6.86. The van der Waals surface area contributed by atoms with E-state index >= 15 is 0 Å². The molecule has 0 bridgehead atoms. The van der Waals surface area contributed by atoms with Crippen LogP contribution in [0, 0.1) is 0 Å². The Balaban J connectivity index is 1.69. The van der Waals surface area contributed by atoms with Crippen LogP contribution in [0.15, 0.2) is 0 Å². The van der Waals surface area contributed by atoms with Gasteiger partial charge in [0.25, 0.3) is 0 Å². The van der Waals surface area contributed by atoms with Crippen LogP contribution < -0.4 is 0 Å². The summed E-state index contributed by atoms with van der Waals surface area (Å²) in [6, 6.07) is 0. The Morgan fingerprint density at radius 3 is 1.59 bits per heavy atom. The third kappa shape index (κ3) is 10.9. The molecule has 0 saturated carbocycles. The SMILES string of the molecule is CCCCCCCCCCCCCCCCN1CCSC1C. The highest BCUT2D eigenvalue weighted by molar-refractivity contribution is 8.00. The quantitative estimate of drug-likeness (QED) is 0.302. The summed E-state index contributed by atoms with van der Waals surface area (Å²) in [7, 11) is 0. The Labute approximate surface area is 145 Å². The number of unbranched alkanes of at least 4 members (excludes halogenated alkanes) is 13. The van der Waals surface area contributed by atoms with Crippen LogP contribution in [0.3, 0.4) is 0 Å². The zero-order valence-electron chi connectivity index (χ0n) is 15.5. The van der Waals surface area contributed by atoms with Crippen molar-refractivity contribution in [1.82, 2.24) is 4.90 Å². The van der Waals surface area contributed by atoms with Crippen LogP contribution in [-0.4, -0.2) is 29.1 Å². The number of hydrogen-bond acceptors (Lipinski definition) is 2. The predicted molar refractivity (Wildman–Crippen MR) is 104 cm³/mol. The van der Waals surface area contributed by atoms with Crippen molar-refractivity contribution in [2.24, 2.45) is 0 Å². The van der Waals surface area contributed by atoms with E-state index in [1.807, 2.05) is 0 Å². The number of nitrogens with zero attached hydrogens (tertiary/aromatic N) is 1. The minimum absolute atomic E-state index is 0.780. The number of hydrogen-bond donors (Lipinski definition) is 0. The van der Waals surface area contributed by atoms with Gasteiger partial charge in [0.15, 0.2) is 0 Å². The first-order valence-corrected chi connectivity index (χ1v) is 11.2. The Bertz CT molecular complexity index is 232. The molecule has 1 saturated heterocycles. The normalized spacial score (nSPS) is 19.1. The molecule has 0 aromatic rings. The second kappa shape index (κ2) is 14.9. The number of thioether (sulfide) groups is 1. The minimum atomic E-state index is 0.780. The second-order valence-electron chi connectivity index (χ2n) is 7.10. The van der Waals surface area contributed by atoms with Gasteiger partial charge < -0.3 is 0 Å². The topological polar surface area (TPSA) is 3.24 Å². The van der Waals surface area contributed by atoms with Crippen LogP contribution in [0.4, 0.5) is 0 Å². The Hall–Kier alpha value is 0.310. The van der Waals surface area contributed by atoms with Gasteiger partial charge in [0.1, 0.15) is 0 Å². The molecule has 1 fully saturated rings. The van der Waals surface area contributed by atoms with E-state index in [0.29, 0.717) is 0 Å². The zero-order chi connectivity index (χ0) is 15.9. The Morgan fingerprint density at radius 2 is 1.18 bits per heavy atom. The Morgan fingerprint density at radius 1 is 0.727 bits per heavy atom. The van der Waals surface area contributed by atoms with Gasteiger partial charge in [-0.15, -0.1) is 11.8 Å². The molecule has 1 aliphatic heterocycles. The van der Waals surface area contributed by atoms with Crippen LogP contribution in [-0.2, 0) is 0 Å². The molecule has 132 valence electrons. The van der Waals surface area contributed by atoms with E-state index in [1.165, 1.54) is 109 Å². The largest absolute Gasteiger partial charge is 0.291 e. The summed E-state index contributed by atoms with van der Waals surface area (Å²) >= 11 is 2.12. The standard InChI is InChI=1S/C20H41NS/c1-3-4-5-6-7-8-9-10-11-12-13-14-15-16-17-21-18-19-22-20(21)2/h20H,3-19H2,1-2H3. The molecule has 1 aliphatic rings. The van der Waals surface area contributed by atoms with E-state index in [1.54, 1.807) is 0 Å². The lowest BCUT2D eigenvalue weighted by Gasteiger charge is -2.19. The van der Waals surface area contributed by atoms with Crippen molar-refractivity contribution in [2.45, 2.75) is 109 Å². The van der Waals surface area contributed by atoms with Gasteiger partial charge in [0, 0.05) is 12.3 Å². The first-order valence-electron chi connectivity index (χ1n) is 10.2. The third-order valence-electron chi connectivity index (χ3n) is 5.05. The molecule has 1 nitrogen and oxygen atoms in total. The second-order valence-corrected chi connectivity index (χ2v) is 8.53. The van der Waals surface area contributed by atoms with E-state index in [-0.39, 0.29) is 0 Å². The molecule has 1 unspecified atom stereocenters. The van der Waals surface area contributed by atoms with Crippen LogP contribution in [0.25, 0.3) is 0 Å². The summed E-state index contributed by atoms with van der Waals surface area (Å²) in [4.78, 5) is 2.66. The maximum absolute atomic E-state index is 2.66. The van der Waals surface area contributed by atoms with Crippen molar-refractivity contribution in [2.75, 3.05) is 18.8 Å². The number of rotatable bonds is 15. The lowest BCUT2D eigenvalue weighted by molar-refractivity contribution is 0.291. The zero-order valence-corrected chi connectivity index (χ0v) is 16.3. The fourth-order valence-corrected chi connectivity index (χ4v) is 4.53. The van der Waals surface area contributed by atoms with Crippen molar-refractivity contribution < 1.29 is 0 Å². The molecule has 1 rings (SSSR count). The lowest BCUT2D eigenvalue weighted by Crippen LogP contribution is -2.27. The molecule has 0 aliphatic carbocycles. The van der Waals surface area contributed by atoms with Gasteiger partial charge in [-0.1, -0.05) is 90.4 Å². The van der Waals surface area contributed by atoms with Crippen molar-refractivity contribution in [3.63, 3.8) is 0 Å². The van der Waals surface area contributed by atoms with Gasteiger partial charge in [-0.05, 0) is 19.9 Å². The summed E-state index contributed by atoms with van der Waals surface area (Å²) in [6.45, 7) is 7.32. The summed E-state index contributed by atoms with van der Waals surface area (Å²) in [5.41, 5.74) is 0. The van der Waals surface area contributed by atoms with E-state index in [4.69, 9.17) is 0 Å². The van der Waals surface area contributed by atoms with Gasteiger partial charge >= 0.3 is 0 Å². The van der Waals surface area contributed by atoms with E-state index in [2.05, 4.69) is 30.5 Å². The van der Waals surface area contributed by atoms with Crippen molar-refractivity contribution in [3.8, 4) is 0 Å². The van der Waals surface area contributed by atoms with E-state index in [0.717, 1.165) is 5.37 Å². The molecule has 1 atom stereocenters. The van der Waals surface area contributed by atoms with Crippen molar-refractivity contribution in [1.29, 1.82) is 0 Å². The smallest absolute Gasteiger partial charge is 0.0529 e. The van der Waals surface area contributed by atoms with Gasteiger partial charge in [-0.3, -0.25) is 4.90 Å². The molecular formula is C20H41NS. The molecule has 0 radical (unpaired) electrons. The summed E-state index contributed by atoms with van der Waals surface area (Å²) < 4.78 is 0. The molecule has 1 heterocycles. The van der Waals surface area contributed by atoms with Crippen molar-refractivity contribution >= 4 is 11.8 Å². The van der Waals surface area contributed by atoms with Crippen LogP contribution in [0.2, 0.25) is 0 Å². The van der Waals surface area contributed by atoms with Crippen LogP contribution in [0.1, 0.15) is 104 Å². The maximum Gasteiger partial charge on any atom is 0.0529 e. The van der Waals surface area contributed by atoms with Gasteiger partial charge in [0.2, 0.25) is 0 Å². The average molecular weight is 328 g/mol. The molecule has 0 N–H and O–H groups in total. The average Bonchev–Trinajstić information content (AvgIpc) is 2.93. The van der Waals surface area contributed by atoms with Crippen LogP contribution >= 0.6 is 11.8 Å². The lowest BCUT2D eigenvalue weighted by atomic mass is 10.0. The first kappa shape index (κ1) is 20.4. The molecule has 0 aromatic carbocycles. The van der Waals surface area contributed by atoms with Gasteiger partial charge in [0.05, 0.1) is 5.37 Å². The highest BCUT2D eigenvalue weighted by Crippen LogP contribution is 2.23. The Kier molecular flexibility index (Phi) is 13.8. The van der Waals surface area contributed by atoms with Crippen LogP contribution in [0.5, 0.6) is 0 Å². The first-order chi connectivity index (χ1) is 10.8. The fraction of sp³-hybridized carbons (Fsp3) is 1.00. The highest BCUT2D eigenvalue weighted by atomic mass is 32.2. The molecule has 0 aromatic heterocycles. The summed E-state index contributed by atoms with van der Waals surface area (Å²) in [5.74, 6) is 1.35.